The second kappa shape index (κ2) is 3.10. The summed E-state index contributed by atoms with van der Waals surface area (Å²) >= 11 is 3.12. The molecule has 0 aromatic carbocycles. The van der Waals surface area contributed by atoms with Gasteiger partial charge in [-0.1, -0.05) is 3.89 Å². The van der Waals surface area contributed by atoms with Crippen molar-refractivity contribution in [2.45, 2.75) is 11.9 Å². The zero-order valence-corrected chi connectivity index (χ0v) is 8.49. The van der Waals surface area contributed by atoms with Gasteiger partial charge in [-0.15, -0.1) is 0 Å². The fraction of sp³-hybridized carbons (Fsp3) is 0.167. The number of hydrogen-bond acceptors (Lipinski definition) is 3. The molecule has 0 spiro atoms. The summed E-state index contributed by atoms with van der Waals surface area (Å²) in [6.45, 7) is 1.65. The van der Waals surface area contributed by atoms with Crippen LogP contribution < -0.4 is 0 Å². The molecule has 0 atom stereocenters. The lowest BCUT2D eigenvalue weighted by Crippen LogP contribution is -1.96. The minimum Gasteiger partial charge on any atom is -0.241 e. The molecule has 3 nitrogen and oxygen atoms in total. The van der Waals surface area contributed by atoms with Crippen molar-refractivity contribution in [1.29, 1.82) is 0 Å². The smallest absolute Gasteiger partial charge is 0.241 e. The lowest BCUT2D eigenvalue weighted by atomic mass is 10.3. The van der Waals surface area contributed by atoms with Gasteiger partial charge in [-0.05, 0) is 34.5 Å². The predicted octanol–water partition coefficient (Wildman–Crippen LogP) is 1.81. The molecular formula is C6H5BrFNO2S. The molecule has 1 aromatic heterocycles. The molecule has 0 bridgehead atoms. The number of halogens is 2. The fourth-order valence-corrected chi connectivity index (χ4v) is 1.36. The maximum Gasteiger partial charge on any atom is 0.349 e. The van der Waals surface area contributed by atoms with Crippen LogP contribution in [0.15, 0.2) is 21.8 Å². The number of aryl methyl sites for hydroxylation is 1. The van der Waals surface area contributed by atoms with E-state index in [0.29, 0.717) is 10.0 Å². The summed E-state index contributed by atoms with van der Waals surface area (Å²) in [7, 11) is -4.67. The topological polar surface area (TPSA) is 47.0 Å². The molecule has 66 valence electrons. The van der Waals surface area contributed by atoms with Gasteiger partial charge in [-0.3, -0.25) is 0 Å². The Morgan fingerprint density at radius 2 is 2.17 bits per heavy atom. The molecule has 0 N–H and O–H groups in total. The van der Waals surface area contributed by atoms with Crippen LogP contribution in [0.25, 0.3) is 0 Å². The second-order valence-corrected chi connectivity index (χ2v) is 4.36. The van der Waals surface area contributed by atoms with E-state index in [4.69, 9.17) is 0 Å². The molecule has 0 unspecified atom stereocenters. The molecule has 0 amide bonds. The van der Waals surface area contributed by atoms with Crippen LogP contribution in [0.1, 0.15) is 5.56 Å². The maximum atomic E-state index is 12.3. The van der Waals surface area contributed by atoms with E-state index in [1.54, 1.807) is 6.92 Å². The van der Waals surface area contributed by atoms with E-state index < -0.39 is 15.2 Å². The highest BCUT2D eigenvalue weighted by atomic mass is 79.9. The molecule has 6 heteroatoms. The van der Waals surface area contributed by atoms with Gasteiger partial charge in [0.25, 0.3) is 0 Å². The molecule has 0 radical (unpaired) electrons. The molecule has 1 heterocycles. The molecule has 0 fully saturated rings. The maximum absolute atomic E-state index is 12.3. The van der Waals surface area contributed by atoms with Gasteiger partial charge >= 0.3 is 10.2 Å². The molecule has 1 aromatic rings. The van der Waals surface area contributed by atoms with Crippen molar-refractivity contribution < 1.29 is 12.3 Å². The largest absolute Gasteiger partial charge is 0.349 e. The fourth-order valence-electron chi connectivity index (χ4n) is 0.647. The number of hydrogen-bond donors (Lipinski definition) is 0. The Hall–Kier alpha value is -0.490. The average molecular weight is 254 g/mol. The van der Waals surface area contributed by atoms with Crippen molar-refractivity contribution in [3.05, 3.63) is 22.3 Å². The van der Waals surface area contributed by atoms with Crippen LogP contribution >= 0.6 is 15.9 Å². The molecule has 12 heavy (non-hydrogen) atoms. The van der Waals surface area contributed by atoms with Crippen molar-refractivity contribution in [1.82, 2.24) is 4.98 Å². The molecule has 0 aliphatic heterocycles. The first-order valence-electron chi connectivity index (χ1n) is 2.98. The third-order valence-corrected chi connectivity index (χ3v) is 2.82. The standard InChI is InChI=1S/C6H5BrFNO2S/c1-4-2-6(12(8,10)11)9-3-5(4)7/h2-3H,1H3. The summed E-state index contributed by atoms with van der Waals surface area (Å²) in [6, 6.07) is 1.17. The van der Waals surface area contributed by atoms with Gasteiger partial charge in [0.2, 0.25) is 0 Å². The van der Waals surface area contributed by atoms with Crippen molar-refractivity contribution in [2.24, 2.45) is 0 Å². The average Bonchev–Trinajstić information content (AvgIpc) is 1.92. The van der Waals surface area contributed by atoms with Crippen molar-refractivity contribution in [3.8, 4) is 0 Å². The lowest BCUT2D eigenvalue weighted by molar-refractivity contribution is 0.547. The quantitative estimate of drug-likeness (QED) is 0.718. The second-order valence-electron chi connectivity index (χ2n) is 2.21. The number of rotatable bonds is 1. The van der Waals surface area contributed by atoms with Crippen LogP contribution in [-0.4, -0.2) is 13.4 Å². The number of nitrogens with zero attached hydrogens (tertiary/aromatic N) is 1. The lowest BCUT2D eigenvalue weighted by Gasteiger charge is -1.97. The predicted molar refractivity (Wildman–Crippen MR) is 45.0 cm³/mol. The zero-order chi connectivity index (χ0) is 9.35. The van der Waals surface area contributed by atoms with Crippen molar-refractivity contribution in [2.75, 3.05) is 0 Å². The van der Waals surface area contributed by atoms with Gasteiger partial charge in [-0.25, -0.2) is 4.98 Å². The van der Waals surface area contributed by atoms with E-state index in [9.17, 15) is 12.3 Å². The summed E-state index contributed by atoms with van der Waals surface area (Å²) in [5.74, 6) is 0. The molecule has 0 aliphatic carbocycles. The highest BCUT2D eigenvalue weighted by Crippen LogP contribution is 2.18. The van der Waals surface area contributed by atoms with Crippen LogP contribution in [0.5, 0.6) is 0 Å². The Morgan fingerprint density at radius 3 is 2.58 bits per heavy atom. The Kier molecular flexibility index (Phi) is 2.48. The number of pyridine rings is 1. The van der Waals surface area contributed by atoms with Gasteiger partial charge < -0.3 is 0 Å². The third-order valence-electron chi connectivity index (χ3n) is 1.27. The monoisotopic (exact) mass is 253 g/mol. The molecular weight excluding hydrogens is 249 g/mol. The number of aromatic nitrogens is 1. The van der Waals surface area contributed by atoms with E-state index >= 15 is 0 Å². The summed E-state index contributed by atoms with van der Waals surface area (Å²) in [5, 5.41) is -0.553. The van der Waals surface area contributed by atoms with E-state index in [-0.39, 0.29) is 0 Å². The Bertz CT molecular complexity index is 404. The third kappa shape index (κ3) is 2.01. The molecule has 1 rings (SSSR count). The summed E-state index contributed by atoms with van der Waals surface area (Å²) < 4.78 is 33.7. The Balaban J connectivity index is 3.33. The van der Waals surface area contributed by atoms with E-state index in [1.165, 1.54) is 12.3 Å². The Morgan fingerprint density at radius 1 is 1.58 bits per heavy atom. The van der Waals surface area contributed by atoms with Gasteiger partial charge in [-0.2, -0.15) is 8.42 Å². The van der Waals surface area contributed by atoms with Crippen LogP contribution in [-0.2, 0) is 10.2 Å². The minimum atomic E-state index is -4.67. The van der Waals surface area contributed by atoms with Crippen molar-refractivity contribution >= 4 is 26.2 Å². The van der Waals surface area contributed by atoms with E-state index in [2.05, 4.69) is 20.9 Å². The Labute approximate surface area is 78.0 Å². The van der Waals surface area contributed by atoms with Crippen LogP contribution in [0, 0.1) is 6.92 Å². The SMILES string of the molecule is Cc1cc(S(=O)(=O)F)ncc1Br. The van der Waals surface area contributed by atoms with E-state index in [1.807, 2.05) is 0 Å². The highest BCUT2D eigenvalue weighted by molar-refractivity contribution is 9.10. The molecule has 0 saturated heterocycles. The minimum absolute atomic E-state index is 0.553. The zero-order valence-electron chi connectivity index (χ0n) is 6.08. The van der Waals surface area contributed by atoms with Crippen LogP contribution in [0.3, 0.4) is 0 Å². The van der Waals surface area contributed by atoms with E-state index in [0.717, 1.165) is 0 Å². The summed E-state index contributed by atoms with van der Waals surface area (Å²) in [4.78, 5) is 3.40. The van der Waals surface area contributed by atoms with Gasteiger partial charge in [0.1, 0.15) is 0 Å². The molecule has 0 saturated carbocycles. The normalized spacial score (nSPS) is 11.6. The van der Waals surface area contributed by atoms with Gasteiger partial charge in [0.05, 0.1) is 0 Å². The first-order valence-corrected chi connectivity index (χ1v) is 5.16. The van der Waals surface area contributed by atoms with Crippen molar-refractivity contribution in [3.63, 3.8) is 0 Å². The molecule has 0 aliphatic rings. The summed E-state index contributed by atoms with van der Waals surface area (Å²) in [5.41, 5.74) is 0.626. The van der Waals surface area contributed by atoms with Gasteiger partial charge in [0.15, 0.2) is 5.03 Å². The van der Waals surface area contributed by atoms with Crippen LogP contribution in [0.2, 0.25) is 0 Å². The van der Waals surface area contributed by atoms with Crippen LogP contribution in [0.4, 0.5) is 3.89 Å². The first kappa shape index (κ1) is 9.60. The first-order chi connectivity index (χ1) is 5.41. The summed E-state index contributed by atoms with van der Waals surface area (Å²) in [6.07, 6.45) is 1.25. The highest BCUT2D eigenvalue weighted by Gasteiger charge is 2.13. The van der Waals surface area contributed by atoms with Gasteiger partial charge in [0, 0.05) is 10.7 Å².